The van der Waals surface area contributed by atoms with Crippen LogP contribution in [0.15, 0.2) is 33.7 Å². The van der Waals surface area contributed by atoms with Crippen molar-refractivity contribution >= 4 is 34.4 Å². The number of hydrogen-bond acceptors (Lipinski definition) is 4. The van der Waals surface area contributed by atoms with Crippen molar-refractivity contribution in [3.8, 4) is 5.75 Å². The fourth-order valence-corrected chi connectivity index (χ4v) is 5.37. The Kier molecular flexibility index (Phi) is 3.10. The minimum Gasteiger partial charge on any atom is -0.497 e. The van der Waals surface area contributed by atoms with E-state index in [0.717, 1.165) is 34.6 Å². The highest BCUT2D eigenvalue weighted by Crippen LogP contribution is 2.46. The maximum atomic E-state index is 13.1. The molecule has 0 bridgehead atoms. The largest absolute Gasteiger partial charge is 0.497 e. The zero-order valence-electron chi connectivity index (χ0n) is 14.4. The number of aromatic nitrogens is 1. The minimum absolute atomic E-state index is 0.0225. The Morgan fingerprint density at radius 1 is 1.36 bits per heavy atom. The molecule has 0 radical (unpaired) electrons. The summed E-state index contributed by atoms with van der Waals surface area (Å²) in [5.41, 5.74) is 4.47. The number of amidine groups is 1. The second-order valence-electron chi connectivity index (χ2n) is 6.81. The van der Waals surface area contributed by atoms with Crippen LogP contribution in [0.25, 0.3) is 10.9 Å². The van der Waals surface area contributed by atoms with Crippen LogP contribution in [0, 0.1) is 5.92 Å². The molecule has 25 heavy (non-hydrogen) atoms. The van der Waals surface area contributed by atoms with Crippen LogP contribution in [-0.2, 0) is 11.2 Å². The van der Waals surface area contributed by atoms with Crippen molar-refractivity contribution < 1.29 is 9.53 Å². The molecule has 4 heterocycles. The lowest BCUT2D eigenvalue weighted by atomic mass is 9.94. The number of carbonyl (C=O) groups is 1. The van der Waals surface area contributed by atoms with Gasteiger partial charge < -0.3 is 9.72 Å². The van der Waals surface area contributed by atoms with Gasteiger partial charge in [-0.15, -0.1) is 11.8 Å². The van der Waals surface area contributed by atoms with E-state index < -0.39 is 0 Å². The Labute approximate surface area is 150 Å². The molecule has 1 aromatic carbocycles. The maximum Gasteiger partial charge on any atom is 0.238 e. The lowest BCUT2D eigenvalue weighted by Crippen LogP contribution is -2.50. The van der Waals surface area contributed by atoms with Gasteiger partial charge >= 0.3 is 0 Å². The summed E-state index contributed by atoms with van der Waals surface area (Å²) in [6, 6.07) is 6.05. The average Bonchev–Trinajstić information content (AvgIpc) is 3.12. The van der Waals surface area contributed by atoms with E-state index in [1.165, 1.54) is 16.0 Å². The fourth-order valence-electron chi connectivity index (χ4n) is 4.09. The van der Waals surface area contributed by atoms with Crippen LogP contribution in [0.3, 0.4) is 0 Å². The SMILES string of the molecule is COc1ccc2[nH]c3c(c2c1)CCN1C(=O)[C@H]2C(C)=C(C)S[C@@H]2N=C31. The van der Waals surface area contributed by atoms with Gasteiger partial charge in [0.25, 0.3) is 0 Å². The molecule has 1 amide bonds. The summed E-state index contributed by atoms with van der Waals surface area (Å²) in [6.07, 6.45) is 0.833. The third kappa shape index (κ3) is 1.97. The normalized spacial score (nSPS) is 25.0. The summed E-state index contributed by atoms with van der Waals surface area (Å²) in [5, 5.41) is 1.14. The second-order valence-corrected chi connectivity index (χ2v) is 8.14. The van der Waals surface area contributed by atoms with Crippen LogP contribution < -0.4 is 4.74 Å². The highest BCUT2D eigenvalue weighted by atomic mass is 32.2. The van der Waals surface area contributed by atoms with Crippen molar-refractivity contribution in [2.45, 2.75) is 25.6 Å². The number of ether oxygens (including phenoxy) is 1. The molecule has 0 saturated carbocycles. The minimum atomic E-state index is -0.0974. The van der Waals surface area contributed by atoms with Crippen molar-refractivity contribution in [1.29, 1.82) is 0 Å². The molecule has 6 heteroatoms. The molecular weight excluding hydrogens is 334 g/mol. The van der Waals surface area contributed by atoms with E-state index in [2.05, 4.69) is 24.9 Å². The fraction of sp³-hybridized carbons (Fsp3) is 0.368. The number of benzene rings is 1. The molecule has 0 fully saturated rings. The van der Waals surface area contributed by atoms with Crippen molar-refractivity contribution in [2.75, 3.05) is 13.7 Å². The first-order chi connectivity index (χ1) is 12.1. The Morgan fingerprint density at radius 3 is 3.00 bits per heavy atom. The molecule has 128 valence electrons. The average molecular weight is 353 g/mol. The maximum absolute atomic E-state index is 13.1. The number of nitrogens with one attached hydrogen (secondary N) is 1. The van der Waals surface area contributed by atoms with Gasteiger partial charge in [0, 0.05) is 17.4 Å². The number of fused-ring (bicyclic) bond motifs is 6. The number of aliphatic imine (C=N–C) groups is 1. The monoisotopic (exact) mass is 353 g/mol. The molecule has 0 aliphatic carbocycles. The van der Waals surface area contributed by atoms with E-state index in [9.17, 15) is 4.79 Å². The van der Waals surface area contributed by atoms with E-state index in [1.807, 2.05) is 17.0 Å². The van der Waals surface area contributed by atoms with Gasteiger partial charge in [-0.05, 0) is 54.5 Å². The van der Waals surface area contributed by atoms with E-state index >= 15 is 0 Å². The summed E-state index contributed by atoms with van der Waals surface area (Å²) in [5.74, 6) is 1.75. The first kappa shape index (κ1) is 15.1. The van der Waals surface area contributed by atoms with Crippen LogP contribution >= 0.6 is 11.8 Å². The van der Waals surface area contributed by atoms with Gasteiger partial charge in [-0.25, -0.2) is 0 Å². The van der Waals surface area contributed by atoms with Crippen molar-refractivity contribution in [3.63, 3.8) is 0 Å². The molecule has 0 spiro atoms. The molecular formula is C19H19N3O2S. The number of thioether (sulfide) groups is 1. The zero-order chi connectivity index (χ0) is 17.3. The summed E-state index contributed by atoms with van der Waals surface area (Å²) in [4.78, 5) is 24.7. The Balaban J connectivity index is 1.67. The number of allylic oxidation sites excluding steroid dienone is 1. The summed E-state index contributed by atoms with van der Waals surface area (Å²) < 4.78 is 5.37. The number of nitrogens with zero attached hydrogens (tertiary/aromatic N) is 2. The lowest BCUT2D eigenvalue weighted by Gasteiger charge is -2.36. The molecule has 1 aromatic heterocycles. The van der Waals surface area contributed by atoms with Crippen LogP contribution in [0.5, 0.6) is 5.75 Å². The number of carbonyl (C=O) groups excluding carboxylic acids is 1. The predicted octanol–water partition coefficient (Wildman–Crippen LogP) is 3.30. The zero-order valence-corrected chi connectivity index (χ0v) is 15.2. The summed E-state index contributed by atoms with van der Waals surface area (Å²) in [6.45, 7) is 4.84. The molecule has 0 saturated heterocycles. The van der Waals surface area contributed by atoms with Crippen LogP contribution in [-0.4, -0.2) is 40.7 Å². The van der Waals surface area contributed by atoms with Crippen LogP contribution in [0.4, 0.5) is 0 Å². The Hall–Kier alpha value is -2.21. The van der Waals surface area contributed by atoms with E-state index in [-0.39, 0.29) is 17.2 Å². The highest BCUT2D eigenvalue weighted by molar-refractivity contribution is 8.04. The van der Waals surface area contributed by atoms with E-state index in [0.29, 0.717) is 6.54 Å². The number of H-pyrrole nitrogens is 1. The van der Waals surface area contributed by atoms with Crippen LogP contribution in [0.1, 0.15) is 25.1 Å². The topological polar surface area (TPSA) is 57.7 Å². The number of hydrogen-bond donors (Lipinski definition) is 1. The smallest absolute Gasteiger partial charge is 0.238 e. The third-order valence-corrected chi connectivity index (χ3v) is 6.86. The standard InChI is InChI=1S/C19H19N3O2S/c1-9-10(2)25-18-15(9)19(23)22-7-6-12-13-8-11(24-3)4-5-14(13)20-16(12)17(22)21-18/h4-5,8,15,18,20H,6-7H2,1-3H3/t15-,18-/m0/s1. The lowest BCUT2D eigenvalue weighted by molar-refractivity contribution is -0.131. The van der Waals surface area contributed by atoms with Gasteiger partial charge in [0.2, 0.25) is 5.91 Å². The van der Waals surface area contributed by atoms with E-state index in [1.54, 1.807) is 18.9 Å². The van der Waals surface area contributed by atoms with E-state index in [4.69, 9.17) is 9.73 Å². The molecule has 3 aliphatic rings. The highest BCUT2D eigenvalue weighted by Gasteiger charge is 2.46. The second kappa shape index (κ2) is 5.14. The van der Waals surface area contributed by atoms with Gasteiger partial charge in [-0.2, -0.15) is 0 Å². The van der Waals surface area contributed by atoms with Gasteiger partial charge in [-0.1, -0.05) is 0 Å². The molecule has 1 N–H and O–H groups in total. The van der Waals surface area contributed by atoms with Crippen molar-refractivity contribution in [3.05, 3.63) is 39.9 Å². The number of aromatic amines is 1. The molecule has 5 nitrogen and oxygen atoms in total. The Bertz CT molecular complexity index is 988. The van der Waals surface area contributed by atoms with Crippen LogP contribution in [0.2, 0.25) is 0 Å². The first-order valence-corrected chi connectivity index (χ1v) is 9.38. The van der Waals surface area contributed by atoms with Gasteiger partial charge in [0.15, 0.2) is 5.84 Å². The van der Waals surface area contributed by atoms with Gasteiger partial charge in [-0.3, -0.25) is 14.7 Å². The molecule has 0 unspecified atom stereocenters. The molecule has 2 aromatic rings. The Morgan fingerprint density at radius 2 is 2.20 bits per heavy atom. The molecule has 5 rings (SSSR count). The summed E-state index contributed by atoms with van der Waals surface area (Å²) >= 11 is 1.72. The summed E-state index contributed by atoms with van der Waals surface area (Å²) in [7, 11) is 1.68. The molecule has 2 atom stereocenters. The predicted molar refractivity (Wildman–Crippen MR) is 100 cm³/mol. The number of methoxy groups -OCH3 is 1. The van der Waals surface area contributed by atoms with Gasteiger partial charge in [0.05, 0.1) is 18.7 Å². The quantitative estimate of drug-likeness (QED) is 0.856. The number of rotatable bonds is 1. The van der Waals surface area contributed by atoms with Gasteiger partial charge in [0.1, 0.15) is 11.1 Å². The van der Waals surface area contributed by atoms with Crippen molar-refractivity contribution in [1.82, 2.24) is 9.88 Å². The number of amides is 1. The third-order valence-electron chi connectivity index (χ3n) is 5.56. The molecule has 3 aliphatic heterocycles. The first-order valence-electron chi connectivity index (χ1n) is 8.50. The van der Waals surface area contributed by atoms with Crippen molar-refractivity contribution in [2.24, 2.45) is 10.9 Å².